The molecule has 1 aliphatic carbocycles. The molecule has 220 valence electrons. The van der Waals surface area contributed by atoms with Crippen molar-refractivity contribution in [2.75, 3.05) is 18.1 Å². The zero-order valence-electron chi connectivity index (χ0n) is 22.6. The maximum absolute atomic E-state index is 13.1. The summed E-state index contributed by atoms with van der Waals surface area (Å²) >= 11 is 0. The quantitative estimate of drug-likeness (QED) is 0.227. The third kappa shape index (κ3) is 8.22. The van der Waals surface area contributed by atoms with Gasteiger partial charge in [-0.3, -0.25) is 13.8 Å². The minimum Gasteiger partial charge on any atom is -0.481 e. The van der Waals surface area contributed by atoms with Crippen LogP contribution in [0.25, 0.3) is 11.3 Å². The van der Waals surface area contributed by atoms with E-state index in [2.05, 4.69) is 10.6 Å². The van der Waals surface area contributed by atoms with Crippen molar-refractivity contribution in [1.29, 1.82) is 0 Å². The van der Waals surface area contributed by atoms with Crippen LogP contribution in [0.15, 0.2) is 59.0 Å². The minimum absolute atomic E-state index is 0.0290. The number of hydrogen-bond acceptors (Lipinski definition) is 5. The fraction of sp³-hybridized carbons (Fsp3) is 0.400. The molecule has 1 aromatic heterocycles. The lowest BCUT2D eigenvalue weighted by Crippen LogP contribution is -2.26. The largest absolute Gasteiger partial charge is 0.481 e. The van der Waals surface area contributed by atoms with Crippen LogP contribution >= 0.6 is 0 Å². The Morgan fingerprint density at radius 1 is 1.05 bits per heavy atom. The van der Waals surface area contributed by atoms with Crippen LogP contribution in [0.2, 0.25) is 0 Å². The van der Waals surface area contributed by atoms with Crippen molar-refractivity contribution in [3.63, 3.8) is 0 Å². The second kappa shape index (κ2) is 13.4. The number of amides is 1. The highest BCUT2D eigenvalue weighted by Gasteiger charge is 2.32. The van der Waals surface area contributed by atoms with Crippen molar-refractivity contribution >= 4 is 28.4 Å². The third-order valence-electron chi connectivity index (χ3n) is 7.22. The number of carbonyl (C=O) groups is 2. The van der Waals surface area contributed by atoms with Crippen LogP contribution in [0.3, 0.4) is 0 Å². The first-order valence-corrected chi connectivity index (χ1v) is 15.2. The Bertz CT molecular complexity index is 1360. The van der Waals surface area contributed by atoms with Gasteiger partial charge in [-0.05, 0) is 61.2 Å². The monoisotopic (exact) mass is 590 g/mol. The molecular weight excluding hydrogens is 557 g/mol. The molecule has 7 nitrogen and oxygen atoms in total. The van der Waals surface area contributed by atoms with Gasteiger partial charge in [0, 0.05) is 46.0 Å². The third-order valence-corrected chi connectivity index (χ3v) is 7.89. The molecule has 0 saturated heterocycles. The molecule has 1 fully saturated rings. The van der Waals surface area contributed by atoms with Gasteiger partial charge in [-0.25, -0.2) is 0 Å². The van der Waals surface area contributed by atoms with Crippen molar-refractivity contribution in [2.45, 2.75) is 56.5 Å². The number of carbonyl (C=O) groups excluding carboxylic acids is 1. The molecule has 1 heterocycles. The first kappa shape index (κ1) is 30.4. The Balaban J connectivity index is 1.63. The lowest BCUT2D eigenvalue weighted by atomic mass is 9.81. The molecule has 1 saturated carbocycles. The van der Waals surface area contributed by atoms with Gasteiger partial charge in [0.15, 0.2) is 0 Å². The summed E-state index contributed by atoms with van der Waals surface area (Å²) in [6.45, 7) is 0.0290. The lowest BCUT2D eigenvalue weighted by molar-refractivity contribution is -0.138. The van der Waals surface area contributed by atoms with E-state index >= 15 is 0 Å². The van der Waals surface area contributed by atoms with Gasteiger partial charge in [-0.1, -0.05) is 31.4 Å². The zero-order valence-corrected chi connectivity index (χ0v) is 23.4. The molecule has 2 aromatic carbocycles. The van der Waals surface area contributed by atoms with Crippen LogP contribution < -0.4 is 10.6 Å². The summed E-state index contributed by atoms with van der Waals surface area (Å²) in [5.74, 6) is -0.0275. The van der Waals surface area contributed by atoms with Gasteiger partial charge in [0.1, 0.15) is 11.5 Å². The molecule has 11 heteroatoms. The van der Waals surface area contributed by atoms with Gasteiger partial charge in [0.05, 0.1) is 23.8 Å². The van der Waals surface area contributed by atoms with E-state index in [0.29, 0.717) is 22.6 Å². The maximum atomic E-state index is 13.1. The fourth-order valence-corrected chi connectivity index (χ4v) is 5.76. The van der Waals surface area contributed by atoms with Gasteiger partial charge in [-0.2, -0.15) is 13.2 Å². The number of alkyl halides is 3. The molecule has 1 aliphatic rings. The number of anilines is 1. The zero-order chi connectivity index (χ0) is 29.6. The van der Waals surface area contributed by atoms with Crippen LogP contribution in [-0.4, -0.2) is 34.0 Å². The number of furan rings is 1. The van der Waals surface area contributed by atoms with Crippen LogP contribution in [-0.2, 0) is 27.5 Å². The Hall–Kier alpha value is -3.60. The Kier molecular flexibility index (Phi) is 9.90. The summed E-state index contributed by atoms with van der Waals surface area (Å²) in [4.78, 5) is 23.1. The van der Waals surface area contributed by atoms with Crippen molar-refractivity contribution in [3.05, 3.63) is 77.0 Å². The average Bonchev–Trinajstić information content (AvgIpc) is 3.34. The van der Waals surface area contributed by atoms with Gasteiger partial charge in [0.2, 0.25) is 0 Å². The second-order valence-electron chi connectivity index (χ2n) is 10.3. The van der Waals surface area contributed by atoms with Gasteiger partial charge < -0.3 is 20.2 Å². The number of rotatable bonds is 11. The number of carboxylic acids is 1. The lowest BCUT2D eigenvalue weighted by Gasteiger charge is -2.32. The van der Waals surface area contributed by atoms with Gasteiger partial charge >= 0.3 is 12.1 Å². The summed E-state index contributed by atoms with van der Waals surface area (Å²) in [6.07, 6.45) is 2.18. The average molecular weight is 591 g/mol. The molecular formula is C30H33F3N2O5S. The van der Waals surface area contributed by atoms with E-state index in [1.165, 1.54) is 12.1 Å². The van der Waals surface area contributed by atoms with Crippen molar-refractivity contribution in [2.24, 2.45) is 5.92 Å². The smallest absolute Gasteiger partial charge is 0.416 e. The first-order chi connectivity index (χ1) is 19.5. The normalized spacial score (nSPS) is 15.7. The molecule has 0 aliphatic heterocycles. The van der Waals surface area contributed by atoms with Crippen LogP contribution in [0.1, 0.15) is 71.8 Å². The molecule has 41 heavy (non-hydrogen) atoms. The molecule has 4 rings (SSSR count). The molecule has 3 aromatic rings. The van der Waals surface area contributed by atoms with E-state index in [9.17, 15) is 27.0 Å². The fourth-order valence-electron chi connectivity index (χ4n) is 5.17. The van der Waals surface area contributed by atoms with Crippen molar-refractivity contribution in [3.8, 4) is 11.3 Å². The Morgan fingerprint density at radius 3 is 2.29 bits per heavy atom. The van der Waals surface area contributed by atoms with Crippen molar-refractivity contribution < 1.29 is 36.5 Å². The maximum Gasteiger partial charge on any atom is 0.416 e. The topological polar surface area (TPSA) is 109 Å². The molecule has 0 radical (unpaired) electrons. The van der Waals surface area contributed by atoms with Crippen LogP contribution in [0.4, 0.5) is 18.9 Å². The number of nitrogens with one attached hydrogen (secondary N) is 2. The highest BCUT2D eigenvalue weighted by Crippen LogP contribution is 2.41. The highest BCUT2D eigenvalue weighted by atomic mass is 32.2. The van der Waals surface area contributed by atoms with Gasteiger partial charge in [0.25, 0.3) is 5.91 Å². The van der Waals surface area contributed by atoms with Crippen molar-refractivity contribution in [1.82, 2.24) is 5.32 Å². The molecule has 0 bridgehead atoms. The summed E-state index contributed by atoms with van der Waals surface area (Å²) in [6, 6.07) is 13.3. The number of carboxylic acid groups (broad SMARTS) is 1. The summed E-state index contributed by atoms with van der Waals surface area (Å²) < 4.78 is 57.7. The highest BCUT2D eigenvalue weighted by molar-refractivity contribution is 7.83. The SMILES string of the molecule is CS(=O)Cc1oc(-c2ccc(C(F)(F)F)cc2)cc1C(Nc1ccc(C(=O)NCCC(=O)O)cc1)C1CCCCC1. The number of hydrogen-bond donors (Lipinski definition) is 3. The van der Waals surface area contributed by atoms with E-state index in [1.807, 2.05) is 6.07 Å². The predicted molar refractivity (Wildman–Crippen MR) is 151 cm³/mol. The standard InChI is InChI=1S/C30H33F3N2O5S/c1-41(39)18-26-24(17-25(40-26)19-7-11-22(12-8-19)30(31,32)33)28(20-5-3-2-4-6-20)35-23-13-9-21(10-14-23)29(38)34-16-15-27(36)37/h7-14,17,20,28,35H,2-6,15-16,18H2,1H3,(H,34,38)(H,36,37). The van der Waals surface area contributed by atoms with E-state index in [1.54, 1.807) is 30.5 Å². The van der Waals surface area contributed by atoms with E-state index in [0.717, 1.165) is 55.5 Å². The number of halogens is 3. The first-order valence-electron chi connectivity index (χ1n) is 13.5. The van der Waals surface area contributed by atoms with Gasteiger partial charge in [-0.15, -0.1) is 0 Å². The van der Waals surface area contributed by atoms with Crippen LogP contribution in [0.5, 0.6) is 0 Å². The summed E-state index contributed by atoms with van der Waals surface area (Å²) in [7, 11) is -1.22. The predicted octanol–water partition coefficient (Wildman–Crippen LogP) is 6.78. The molecule has 2 unspecified atom stereocenters. The summed E-state index contributed by atoms with van der Waals surface area (Å²) in [5, 5.41) is 14.9. The molecule has 0 spiro atoms. The van der Waals surface area contributed by atoms with Crippen LogP contribution in [0, 0.1) is 5.92 Å². The Morgan fingerprint density at radius 2 is 1.71 bits per heavy atom. The van der Waals surface area contributed by atoms with E-state index < -0.39 is 28.5 Å². The van der Waals surface area contributed by atoms with E-state index in [4.69, 9.17) is 9.52 Å². The minimum atomic E-state index is -4.44. The Labute approximate surface area is 239 Å². The molecule has 3 N–H and O–H groups in total. The second-order valence-corrected chi connectivity index (χ2v) is 11.7. The number of aliphatic carboxylic acids is 1. The number of benzene rings is 2. The molecule has 1 amide bonds. The van der Waals surface area contributed by atoms with E-state index in [-0.39, 0.29) is 36.6 Å². The molecule has 2 atom stereocenters. The summed E-state index contributed by atoms with van der Waals surface area (Å²) in [5.41, 5.74) is 1.71.